The highest BCUT2D eigenvalue weighted by Crippen LogP contribution is 2.25. The molecule has 1 heterocycles. The van der Waals surface area contributed by atoms with Crippen molar-refractivity contribution in [2.24, 2.45) is 0 Å². The molecular formula is C19H27N3O2S. The van der Waals surface area contributed by atoms with E-state index >= 15 is 0 Å². The average Bonchev–Trinajstić information content (AvgIpc) is 2.87. The zero-order valence-corrected chi connectivity index (χ0v) is 16.3. The monoisotopic (exact) mass is 361 g/mol. The molecule has 2 rings (SSSR count). The second-order valence-electron chi connectivity index (χ2n) is 5.84. The number of thioether (sulfide) groups is 1. The third-order valence-electron chi connectivity index (χ3n) is 3.95. The molecule has 0 aliphatic heterocycles. The Labute approximate surface area is 154 Å². The number of nitrogens with one attached hydrogen (secondary N) is 1. The molecule has 0 spiro atoms. The van der Waals surface area contributed by atoms with Gasteiger partial charge in [-0.25, -0.2) is 4.98 Å². The zero-order valence-electron chi connectivity index (χ0n) is 15.5. The largest absolute Gasteiger partial charge is 0.492 e. The van der Waals surface area contributed by atoms with Crippen LogP contribution in [0.4, 0.5) is 5.69 Å². The van der Waals surface area contributed by atoms with Crippen LogP contribution < -0.4 is 10.1 Å². The Morgan fingerprint density at radius 2 is 2.04 bits per heavy atom. The summed E-state index contributed by atoms with van der Waals surface area (Å²) in [4.78, 5) is 16.9. The summed E-state index contributed by atoms with van der Waals surface area (Å²) in [6.45, 7) is 9.71. The summed E-state index contributed by atoms with van der Waals surface area (Å²) in [5.74, 6) is 0.958. The van der Waals surface area contributed by atoms with Crippen LogP contribution in [0.5, 0.6) is 5.75 Å². The molecule has 25 heavy (non-hydrogen) atoms. The summed E-state index contributed by atoms with van der Waals surface area (Å²) in [5.41, 5.74) is 2.91. The molecule has 0 saturated carbocycles. The molecule has 1 amide bonds. The number of hydrogen-bond acceptors (Lipinski definition) is 4. The van der Waals surface area contributed by atoms with Gasteiger partial charge in [-0.05, 0) is 39.3 Å². The molecule has 0 bridgehead atoms. The number of nitrogens with zero attached hydrogens (tertiary/aromatic N) is 2. The maximum absolute atomic E-state index is 12.3. The Hall–Kier alpha value is -1.95. The number of hydrogen-bond donors (Lipinski definition) is 1. The molecule has 136 valence electrons. The van der Waals surface area contributed by atoms with E-state index in [0.717, 1.165) is 30.2 Å². The predicted octanol–water partition coefficient (Wildman–Crippen LogP) is 4.43. The van der Waals surface area contributed by atoms with Gasteiger partial charge in [-0.2, -0.15) is 0 Å². The van der Waals surface area contributed by atoms with E-state index in [0.29, 0.717) is 23.8 Å². The van der Waals surface area contributed by atoms with Gasteiger partial charge in [0.15, 0.2) is 5.16 Å². The van der Waals surface area contributed by atoms with E-state index in [9.17, 15) is 4.79 Å². The topological polar surface area (TPSA) is 56.2 Å². The Balaban J connectivity index is 2.00. The number of aryl methyl sites for hydroxylation is 1. The lowest BCUT2D eigenvalue weighted by molar-refractivity contribution is -0.113. The van der Waals surface area contributed by atoms with Gasteiger partial charge in [-0.15, -0.1) is 0 Å². The molecule has 5 nitrogen and oxygen atoms in total. The molecule has 0 aliphatic rings. The molecule has 2 aromatic rings. The van der Waals surface area contributed by atoms with E-state index in [4.69, 9.17) is 4.74 Å². The third-order valence-corrected chi connectivity index (χ3v) is 4.93. The third kappa shape index (κ3) is 5.26. The summed E-state index contributed by atoms with van der Waals surface area (Å²) < 4.78 is 7.76. The van der Waals surface area contributed by atoms with Crippen molar-refractivity contribution in [1.82, 2.24) is 9.55 Å². The van der Waals surface area contributed by atoms with E-state index in [-0.39, 0.29) is 5.91 Å². The van der Waals surface area contributed by atoms with Crippen LogP contribution in [0.3, 0.4) is 0 Å². The van der Waals surface area contributed by atoms with Gasteiger partial charge in [0.1, 0.15) is 5.75 Å². The first-order valence-corrected chi connectivity index (χ1v) is 9.73. The predicted molar refractivity (Wildman–Crippen MR) is 104 cm³/mol. The van der Waals surface area contributed by atoms with E-state index < -0.39 is 0 Å². The Morgan fingerprint density at radius 3 is 2.76 bits per heavy atom. The number of rotatable bonds is 9. The first kappa shape index (κ1) is 19.4. The van der Waals surface area contributed by atoms with Gasteiger partial charge in [0.25, 0.3) is 0 Å². The zero-order chi connectivity index (χ0) is 18.2. The minimum Gasteiger partial charge on any atom is -0.492 e. The number of aromatic nitrogens is 2. The van der Waals surface area contributed by atoms with E-state index in [1.165, 1.54) is 17.5 Å². The highest BCUT2D eigenvalue weighted by atomic mass is 32.2. The van der Waals surface area contributed by atoms with Gasteiger partial charge in [0.2, 0.25) is 5.91 Å². The molecule has 0 aliphatic carbocycles. The van der Waals surface area contributed by atoms with Crippen molar-refractivity contribution in [3.05, 3.63) is 35.7 Å². The molecule has 0 atom stereocenters. The van der Waals surface area contributed by atoms with Gasteiger partial charge in [0.05, 0.1) is 23.7 Å². The standard InChI is InChI=1S/C19H27N3O2S/c1-5-7-12-22-15(4)14(3)20-19(22)25-13-18(23)21-16-10-8-9-11-17(16)24-6-2/h8-11H,5-7,12-13H2,1-4H3,(H,21,23). The maximum Gasteiger partial charge on any atom is 0.234 e. The highest BCUT2D eigenvalue weighted by molar-refractivity contribution is 7.99. The summed E-state index contributed by atoms with van der Waals surface area (Å²) >= 11 is 1.48. The average molecular weight is 362 g/mol. The van der Waals surface area contributed by atoms with Crippen molar-refractivity contribution in [3.63, 3.8) is 0 Å². The molecule has 0 fully saturated rings. The molecular weight excluding hydrogens is 334 g/mol. The van der Waals surface area contributed by atoms with Crippen LogP contribution in [0.2, 0.25) is 0 Å². The molecule has 6 heteroatoms. The fraction of sp³-hybridized carbons (Fsp3) is 0.474. The number of carbonyl (C=O) groups is 1. The number of carbonyl (C=O) groups excluding carboxylic acids is 1. The van der Waals surface area contributed by atoms with Crippen LogP contribution in [0.25, 0.3) is 0 Å². The number of benzene rings is 1. The molecule has 1 aromatic carbocycles. The number of para-hydroxylation sites is 2. The normalized spacial score (nSPS) is 10.7. The van der Waals surface area contributed by atoms with E-state index in [1.54, 1.807) is 0 Å². The van der Waals surface area contributed by atoms with Gasteiger partial charge in [-0.1, -0.05) is 37.2 Å². The van der Waals surface area contributed by atoms with Crippen LogP contribution in [0.15, 0.2) is 29.4 Å². The van der Waals surface area contributed by atoms with Gasteiger partial charge in [-0.3, -0.25) is 4.79 Å². The molecule has 0 radical (unpaired) electrons. The Kier molecular flexibility index (Phi) is 7.37. The van der Waals surface area contributed by atoms with Crippen LogP contribution >= 0.6 is 11.8 Å². The van der Waals surface area contributed by atoms with Crippen molar-refractivity contribution in [1.29, 1.82) is 0 Å². The summed E-state index contributed by atoms with van der Waals surface area (Å²) in [6.07, 6.45) is 2.24. The quantitative estimate of drug-likeness (QED) is 0.671. The minimum absolute atomic E-state index is 0.0579. The molecule has 1 N–H and O–H groups in total. The molecule has 0 saturated heterocycles. The maximum atomic E-state index is 12.3. The first-order valence-electron chi connectivity index (χ1n) is 8.75. The number of ether oxygens (including phenoxy) is 1. The number of imidazole rings is 1. The number of unbranched alkanes of at least 4 members (excludes halogenated alkanes) is 1. The first-order chi connectivity index (χ1) is 12.1. The summed E-state index contributed by atoms with van der Waals surface area (Å²) in [5, 5.41) is 3.84. The lowest BCUT2D eigenvalue weighted by Crippen LogP contribution is -2.15. The fourth-order valence-electron chi connectivity index (χ4n) is 2.48. The summed E-state index contributed by atoms with van der Waals surface area (Å²) in [7, 11) is 0. The van der Waals surface area contributed by atoms with Crippen molar-refractivity contribution >= 4 is 23.4 Å². The van der Waals surface area contributed by atoms with Crippen molar-refractivity contribution in [3.8, 4) is 5.75 Å². The number of amides is 1. The second kappa shape index (κ2) is 9.51. The Morgan fingerprint density at radius 1 is 1.28 bits per heavy atom. The second-order valence-corrected chi connectivity index (χ2v) is 6.78. The lowest BCUT2D eigenvalue weighted by Gasteiger charge is -2.12. The van der Waals surface area contributed by atoms with Gasteiger partial charge in [0, 0.05) is 12.2 Å². The van der Waals surface area contributed by atoms with Gasteiger partial charge >= 0.3 is 0 Å². The van der Waals surface area contributed by atoms with Crippen LogP contribution in [-0.4, -0.2) is 27.8 Å². The Bertz CT molecular complexity index is 713. The minimum atomic E-state index is -0.0579. The molecule has 0 unspecified atom stereocenters. The van der Waals surface area contributed by atoms with Crippen molar-refractivity contribution in [2.45, 2.75) is 52.2 Å². The molecule has 1 aromatic heterocycles. The SMILES string of the molecule is CCCCn1c(SCC(=O)Nc2ccccc2OCC)nc(C)c1C. The highest BCUT2D eigenvalue weighted by Gasteiger charge is 2.14. The number of anilines is 1. The van der Waals surface area contributed by atoms with E-state index in [1.807, 2.05) is 38.1 Å². The van der Waals surface area contributed by atoms with Crippen LogP contribution in [0.1, 0.15) is 38.1 Å². The smallest absolute Gasteiger partial charge is 0.234 e. The van der Waals surface area contributed by atoms with Crippen molar-refractivity contribution in [2.75, 3.05) is 17.7 Å². The van der Waals surface area contributed by atoms with Gasteiger partial charge < -0.3 is 14.6 Å². The van der Waals surface area contributed by atoms with Crippen molar-refractivity contribution < 1.29 is 9.53 Å². The fourth-order valence-corrected chi connectivity index (χ4v) is 3.40. The summed E-state index contributed by atoms with van der Waals surface area (Å²) in [6, 6.07) is 7.49. The van der Waals surface area contributed by atoms with Crippen LogP contribution in [-0.2, 0) is 11.3 Å². The van der Waals surface area contributed by atoms with E-state index in [2.05, 4.69) is 28.7 Å². The van der Waals surface area contributed by atoms with Crippen LogP contribution in [0, 0.1) is 13.8 Å². The lowest BCUT2D eigenvalue weighted by atomic mass is 10.3.